The second-order valence-electron chi connectivity index (χ2n) is 5.98. The summed E-state index contributed by atoms with van der Waals surface area (Å²) in [6.45, 7) is 7.00. The van der Waals surface area contributed by atoms with Crippen LogP contribution in [-0.4, -0.2) is 51.5 Å². The number of hydrogen-bond acceptors (Lipinski definition) is 4. The van der Waals surface area contributed by atoms with Crippen molar-refractivity contribution in [3.8, 4) is 0 Å². The maximum atomic E-state index is 5.77. The minimum Gasteiger partial charge on any atom is -0.469 e. The maximum absolute atomic E-state index is 5.77. The Kier molecular flexibility index (Phi) is 12.8. The summed E-state index contributed by atoms with van der Waals surface area (Å²) in [5.41, 5.74) is 0. The molecule has 1 atom stereocenters. The van der Waals surface area contributed by atoms with Crippen molar-refractivity contribution >= 4 is 29.9 Å². The number of nitrogens with one attached hydrogen (secondary N) is 2. The highest BCUT2D eigenvalue weighted by molar-refractivity contribution is 14.0. The molecule has 0 aliphatic carbocycles. The summed E-state index contributed by atoms with van der Waals surface area (Å²) < 4.78 is 16.4. The number of aliphatic imine (C=N–C) groups is 1. The number of hydrogen-bond donors (Lipinski definition) is 2. The highest BCUT2D eigenvalue weighted by atomic mass is 127. The van der Waals surface area contributed by atoms with Crippen molar-refractivity contribution in [2.45, 2.75) is 45.1 Å². The number of ether oxygens (including phenoxy) is 2. The van der Waals surface area contributed by atoms with Crippen LogP contribution in [0.25, 0.3) is 0 Å². The first-order chi connectivity index (χ1) is 11.9. The molecule has 1 unspecified atom stereocenters. The number of nitrogens with zero attached hydrogens (tertiary/aromatic N) is 1. The Balaban J connectivity index is 0.00000312. The summed E-state index contributed by atoms with van der Waals surface area (Å²) in [7, 11) is 0. The molecular formula is C18H32IN3O3. The smallest absolute Gasteiger partial charge is 0.191 e. The average molecular weight is 465 g/mol. The Morgan fingerprint density at radius 3 is 2.92 bits per heavy atom. The molecule has 2 rings (SSSR count). The first-order valence-electron chi connectivity index (χ1n) is 9.12. The largest absolute Gasteiger partial charge is 0.469 e. The van der Waals surface area contributed by atoms with Crippen molar-refractivity contribution in [2.75, 3.05) is 39.5 Å². The average Bonchev–Trinajstić information content (AvgIpc) is 3.28. The topological polar surface area (TPSA) is 68.0 Å². The molecule has 0 radical (unpaired) electrons. The van der Waals surface area contributed by atoms with Gasteiger partial charge in [0, 0.05) is 39.3 Å². The Bertz CT molecular complexity index is 448. The molecule has 2 heterocycles. The minimum absolute atomic E-state index is 0. The van der Waals surface area contributed by atoms with Crippen molar-refractivity contribution in [3.63, 3.8) is 0 Å². The first kappa shape index (κ1) is 22.2. The zero-order valence-electron chi connectivity index (χ0n) is 15.2. The fourth-order valence-electron chi connectivity index (χ4n) is 2.47. The highest BCUT2D eigenvalue weighted by Gasteiger charge is 2.15. The summed E-state index contributed by atoms with van der Waals surface area (Å²) in [4.78, 5) is 4.63. The lowest BCUT2D eigenvalue weighted by atomic mass is 10.3. The molecule has 1 saturated heterocycles. The van der Waals surface area contributed by atoms with E-state index in [0.29, 0.717) is 0 Å². The predicted octanol–water partition coefficient (Wildman–Crippen LogP) is 2.97. The van der Waals surface area contributed by atoms with E-state index in [2.05, 4.69) is 22.5 Å². The normalized spacial score (nSPS) is 17.3. The molecule has 7 heteroatoms. The molecule has 144 valence electrons. The number of rotatable bonds is 11. The molecule has 0 aromatic carbocycles. The van der Waals surface area contributed by atoms with Crippen LogP contribution in [0.3, 0.4) is 0 Å². The first-order valence-corrected chi connectivity index (χ1v) is 9.12. The lowest BCUT2D eigenvalue weighted by molar-refractivity contribution is 0.0424. The molecule has 0 bridgehead atoms. The van der Waals surface area contributed by atoms with Crippen LogP contribution in [0.4, 0.5) is 0 Å². The number of guanidine groups is 1. The van der Waals surface area contributed by atoms with Gasteiger partial charge in [-0.2, -0.15) is 0 Å². The molecule has 1 aromatic heterocycles. The summed E-state index contributed by atoms with van der Waals surface area (Å²) in [6.07, 6.45) is 7.10. The third-order valence-electron chi connectivity index (χ3n) is 3.88. The van der Waals surface area contributed by atoms with E-state index in [4.69, 9.17) is 13.9 Å². The van der Waals surface area contributed by atoms with Crippen molar-refractivity contribution in [2.24, 2.45) is 4.99 Å². The van der Waals surface area contributed by atoms with Crippen LogP contribution in [-0.2, 0) is 15.9 Å². The van der Waals surface area contributed by atoms with E-state index in [1.807, 2.05) is 12.1 Å². The van der Waals surface area contributed by atoms with Gasteiger partial charge in [-0.15, -0.1) is 24.0 Å². The van der Waals surface area contributed by atoms with Crippen molar-refractivity contribution < 1.29 is 13.9 Å². The summed E-state index contributed by atoms with van der Waals surface area (Å²) >= 11 is 0. The van der Waals surface area contributed by atoms with Crippen LogP contribution in [0.1, 0.15) is 38.4 Å². The second kappa shape index (κ2) is 14.4. The van der Waals surface area contributed by atoms with Gasteiger partial charge in [0.25, 0.3) is 0 Å². The van der Waals surface area contributed by atoms with Crippen LogP contribution in [0.5, 0.6) is 0 Å². The second-order valence-corrected chi connectivity index (χ2v) is 5.98. The summed E-state index contributed by atoms with van der Waals surface area (Å²) in [5, 5.41) is 6.75. The Hall–Kier alpha value is -0.800. The molecule has 2 N–H and O–H groups in total. The zero-order chi connectivity index (χ0) is 16.9. The van der Waals surface area contributed by atoms with Crippen LogP contribution in [0.15, 0.2) is 27.8 Å². The lowest BCUT2D eigenvalue weighted by Crippen LogP contribution is -2.39. The van der Waals surface area contributed by atoms with E-state index in [1.165, 1.54) is 6.42 Å². The van der Waals surface area contributed by atoms with Gasteiger partial charge >= 0.3 is 0 Å². The molecule has 25 heavy (non-hydrogen) atoms. The quantitative estimate of drug-likeness (QED) is 0.228. The number of furan rings is 1. The molecule has 6 nitrogen and oxygen atoms in total. The van der Waals surface area contributed by atoms with Crippen molar-refractivity contribution in [3.05, 3.63) is 24.2 Å². The SMILES string of the molecule is CCCCNC(=NCCCOC1CCOC1)NCCc1ccco1.I. The van der Waals surface area contributed by atoms with E-state index in [9.17, 15) is 0 Å². The van der Waals surface area contributed by atoms with Gasteiger partial charge < -0.3 is 24.5 Å². The third-order valence-corrected chi connectivity index (χ3v) is 3.88. The van der Waals surface area contributed by atoms with Crippen LogP contribution in [0, 0.1) is 0 Å². The van der Waals surface area contributed by atoms with Gasteiger partial charge in [0.15, 0.2) is 5.96 Å². The molecule has 1 aliphatic heterocycles. The van der Waals surface area contributed by atoms with Gasteiger partial charge in [-0.3, -0.25) is 4.99 Å². The Morgan fingerprint density at radius 1 is 1.32 bits per heavy atom. The maximum Gasteiger partial charge on any atom is 0.191 e. The van der Waals surface area contributed by atoms with E-state index in [1.54, 1.807) is 6.26 Å². The molecule has 0 amide bonds. The van der Waals surface area contributed by atoms with Gasteiger partial charge in [-0.05, 0) is 31.4 Å². The Labute approximate surface area is 168 Å². The van der Waals surface area contributed by atoms with E-state index >= 15 is 0 Å². The van der Waals surface area contributed by atoms with E-state index < -0.39 is 0 Å². The van der Waals surface area contributed by atoms with Gasteiger partial charge in [0.05, 0.1) is 19.0 Å². The monoisotopic (exact) mass is 465 g/mol. The third kappa shape index (κ3) is 10.1. The molecule has 1 aliphatic rings. The fourth-order valence-corrected chi connectivity index (χ4v) is 2.47. The molecule has 1 fully saturated rings. The summed E-state index contributed by atoms with van der Waals surface area (Å²) in [5.74, 6) is 1.86. The van der Waals surface area contributed by atoms with Crippen molar-refractivity contribution in [1.29, 1.82) is 0 Å². The predicted molar refractivity (Wildman–Crippen MR) is 111 cm³/mol. The highest BCUT2D eigenvalue weighted by Crippen LogP contribution is 2.08. The minimum atomic E-state index is 0. The molecule has 0 saturated carbocycles. The lowest BCUT2D eigenvalue weighted by Gasteiger charge is -2.12. The molecule has 0 spiro atoms. The van der Waals surface area contributed by atoms with Gasteiger partial charge in [0.1, 0.15) is 5.76 Å². The van der Waals surface area contributed by atoms with Crippen molar-refractivity contribution in [1.82, 2.24) is 10.6 Å². The van der Waals surface area contributed by atoms with Gasteiger partial charge in [0.2, 0.25) is 0 Å². The number of halogens is 1. The zero-order valence-corrected chi connectivity index (χ0v) is 17.5. The van der Waals surface area contributed by atoms with Crippen LogP contribution < -0.4 is 10.6 Å². The van der Waals surface area contributed by atoms with Gasteiger partial charge in [-0.25, -0.2) is 0 Å². The summed E-state index contributed by atoms with van der Waals surface area (Å²) in [6, 6.07) is 3.91. The standard InChI is InChI=1S/C18H31N3O3.HI/c1-2-3-9-19-18(21-11-7-16-6-4-12-23-16)20-10-5-13-24-17-8-14-22-15-17;/h4,6,12,17H,2-3,5,7-11,13-15H2,1H3,(H2,19,20,21);1H. The molecule has 1 aromatic rings. The van der Waals surface area contributed by atoms with E-state index in [-0.39, 0.29) is 30.1 Å². The van der Waals surface area contributed by atoms with Gasteiger partial charge in [-0.1, -0.05) is 13.3 Å². The van der Waals surface area contributed by atoms with E-state index in [0.717, 1.165) is 76.9 Å². The number of unbranched alkanes of at least 4 members (excludes halogenated alkanes) is 1. The van der Waals surface area contributed by atoms with Crippen LogP contribution in [0.2, 0.25) is 0 Å². The fraction of sp³-hybridized carbons (Fsp3) is 0.722. The van der Waals surface area contributed by atoms with Crippen LogP contribution >= 0.6 is 24.0 Å². The Morgan fingerprint density at radius 2 is 2.20 bits per heavy atom. The molecular weight excluding hydrogens is 433 g/mol.